The first-order valence-electron chi connectivity index (χ1n) is 7.83. The third kappa shape index (κ3) is 3.66. The summed E-state index contributed by atoms with van der Waals surface area (Å²) in [6.45, 7) is 0. The summed E-state index contributed by atoms with van der Waals surface area (Å²) in [5.41, 5.74) is -0.436. The van der Waals surface area contributed by atoms with E-state index >= 15 is 0 Å². The molecule has 0 aliphatic rings. The van der Waals surface area contributed by atoms with Gasteiger partial charge in [-0.25, -0.2) is 0 Å². The molecular weight excluding hydrogens is 368 g/mol. The Bertz CT molecular complexity index is 1160. The second kappa shape index (κ2) is 7.72. The van der Waals surface area contributed by atoms with Crippen LogP contribution in [0.25, 0.3) is 11.7 Å². The molecule has 2 heterocycles. The number of carbonyl (C=O) groups excluding carboxylic acids is 1. The number of para-hydroxylation sites is 1. The van der Waals surface area contributed by atoms with Crippen LogP contribution in [0.4, 0.5) is 0 Å². The van der Waals surface area contributed by atoms with E-state index in [4.69, 9.17) is 16.3 Å². The van der Waals surface area contributed by atoms with Gasteiger partial charge >= 0.3 is 0 Å². The Morgan fingerprint density at radius 3 is 2.74 bits per heavy atom. The molecule has 0 fully saturated rings. The van der Waals surface area contributed by atoms with E-state index in [-0.39, 0.29) is 17.0 Å². The number of benzene rings is 1. The maximum atomic E-state index is 12.9. The zero-order valence-electron chi connectivity index (χ0n) is 14.1. The Morgan fingerprint density at radius 1 is 1.30 bits per heavy atom. The van der Waals surface area contributed by atoms with E-state index in [2.05, 4.69) is 10.3 Å². The van der Waals surface area contributed by atoms with E-state index in [1.807, 2.05) is 0 Å². The lowest BCUT2D eigenvalue weighted by Gasteiger charge is -2.11. The highest BCUT2D eigenvalue weighted by Crippen LogP contribution is 2.29. The monoisotopic (exact) mass is 380 g/mol. The zero-order valence-corrected chi connectivity index (χ0v) is 14.9. The van der Waals surface area contributed by atoms with Crippen molar-refractivity contribution in [3.63, 3.8) is 0 Å². The number of amides is 1. The highest BCUT2D eigenvalue weighted by molar-refractivity contribution is 6.32. The largest absolute Gasteiger partial charge is 0.437 e. The summed E-state index contributed by atoms with van der Waals surface area (Å²) < 4.78 is 7.04. The van der Waals surface area contributed by atoms with Gasteiger partial charge in [-0.05, 0) is 30.3 Å². The van der Waals surface area contributed by atoms with Gasteiger partial charge in [-0.3, -0.25) is 14.0 Å². The first-order valence-corrected chi connectivity index (χ1v) is 8.20. The normalized spacial score (nSPS) is 11.1. The van der Waals surface area contributed by atoms with Crippen LogP contribution in [-0.2, 0) is 4.79 Å². The Kier molecular flexibility index (Phi) is 5.20. The summed E-state index contributed by atoms with van der Waals surface area (Å²) in [5.74, 6) is -0.394. The number of hydrogen-bond donors (Lipinski definition) is 1. The molecule has 0 unspecified atom stereocenters. The first kappa shape index (κ1) is 18.2. The van der Waals surface area contributed by atoms with Crippen LogP contribution in [0.5, 0.6) is 11.6 Å². The number of nitrogens with zero attached hydrogens (tertiary/aromatic N) is 3. The van der Waals surface area contributed by atoms with Crippen molar-refractivity contribution in [2.45, 2.75) is 0 Å². The van der Waals surface area contributed by atoms with Gasteiger partial charge < -0.3 is 10.1 Å². The third-order valence-corrected chi connectivity index (χ3v) is 3.97. The summed E-state index contributed by atoms with van der Waals surface area (Å²) >= 11 is 6.12. The van der Waals surface area contributed by atoms with Crippen LogP contribution in [0.1, 0.15) is 5.56 Å². The van der Waals surface area contributed by atoms with Crippen molar-refractivity contribution in [1.82, 2.24) is 14.7 Å². The van der Waals surface area contributed by atoms with Crippen LogP contribution in [0.3, 0.4) is 0 Å². The molecule has 0 aliphatic heterocycles. The fourth-order valence-electron chi connectivity index (χ4n) is 2.34. The highest BCUT2D eigenvalue weighted by Gasteiger charge is 2.17. The number of fused-ring (bicyclic) bond motifs is 1. The van der Waals surface area contributed by atoms with Gasteiger partial charge in [-0.15, -0.1) is 0 Å². The molecule has 0 atom stereocenters. The van der Waals surface area contributed by atoms with E-state index < -0.39 is 11.5 Å². The minimum atomic E-state index is -0.626. The molecule has 2 aromatic heterocycles. The molecule has 134 valence electrons. The van der Waals surface area contributed by atoms with Crippen LogP contribution < -0.4 is 15.6 Å². The van der Waals surface area contributed by atoms with Crippen molar-refractivity contribution in [2.75, 3.05) is 7.05 Å². The Hall–Kier alpha value is -3.63. The number of aromatic nitrogens is 2. The summed E-state index contributed by atoms with van der Waals surface area (Å²) in [6, 6.07) is 13.5. The average Bonchev–Trinajstić information content (AvgIpc) is 2.69. The van der Waals surface area contributed by atoms with E-state index in [1.165, 1.54) is 17.6 Å². The van der Waals surface area contributed by atoms with Crippen LogP contribution in [-0.4, -0.2) is 22.3 Å². The number of pyridine rings is 1. The summed E-state index contributed by atoms with van der Waals surface area (Å²) in [4.78, 5) is 29.1. The maximum Gasteiger partial charge on any atom is 0.269 e. The van der Waals surface area contributed by atoms with Gasteiger partial charge in [0.25, 0.3) is 11.5 Å². The number of nitrogens with one attached hydrogen (secondary N) is 1. The van der Waals surface area contributed by atoms with Gasteiger partial charge in [0.15, 0.2) is 0 Å². The van der Waals surface area contributed by atoms with Crippen molar-refractivity contribution < 1.29 is 9.53 Å². The van der Waals surface area contributed by atoms with Gasteiger partial charge in [0.2, 0.25) is 5.88 Å². The predicted octanol–water partition coefficient (Wildman–Crippen LogP) is 2.79. The van der Waals surface area contributed by atoms with Gasteiger partial charge in [-0.1, -0.05) is 29.8 Å². The van der Waals surface area contributed by atoms with E-state index in [9.17, 15) is 14.9 Å². The smallest absolute Gasteiger partial charge is 0.269 e. The van der Waals surface area contributed by atoms with Gasteiger partial charge in [0, 0.05) is 13.2 Å². The van der Waals surface area contributed by atoms with Crippen molar-refractivity contribution in [3.8, 4) is 17.7 Å². The Morgan fingerprint density at radius 2 is 2.04 bits per heavy atom. The lowest BCUT2D eigenvalue weighted by molar-refractivity contribution is -0.116. The molecular formula is C19H13ClN4O3. The summed E-state index contributed by atoms with van der Waals surface area (Å²) in [5, 5.41) is 11.9. The molecule has 0 saturated carbocycles. The second-order valence-corrected chi connectivity index (χ2v) is 5.75. The quantitative estimate of drug-likeness (QED) is 0.554. The lowest BCUT2D eigenvalue weighted by atomic mass is 10.1. The number of carbonyl (C=O) groups is 1. The Balaban J connectivity index is 2.26. The second-order valence-electron chi connectivity index (χ2n) is 5.35. The zero-order chi connectivity index (χ0) is 19.4. The number of nitriles is 1. The highest BCUT2D eigenvalue weighted by atomic mass is 35.5. The Labute approximate surface area is 159 Å². The SMILES string of the molecule is CNC(=O)/C(C#N)=C/c1c(Oc2ccccc2Cl)nc2ccccn2c1=O. The molecule has 8 heteroatoms. The van der Waals surface area contributed by atoms with Crippen molar-refractivity contribution in [3.05, 3.63) is 75.2 Å². The number of rotatable bonds is 4. The molecule has 3 rings (SSSR count). The molecule has 1 aromatic carbocycles. The number of ether oxygens (including phenoxy) is 1. The maximum absolute atomic E-state index is 12.9. The van der Waals surface area contributed by atoms with E-state index in [0.717, 1.165) is 6.08 Å². The molecule has 0 bridgehead atoms. The van der Waals surface area contributed by atoms with E-state index in [0.29, 0.717) is 16.4 Å². The molecule has 27 heavy (non-hydrogen) atoms. The van der Waals surface area contributed by atoms with Crippen molar-refractivity contribution in [2.24, 2.45) is 0 Å². The van der Waals surface area contributed by atoms with Crippen molar-refractivity contribution >= 4 is 29.2 Å². The summed E-state index contributed by atoms with van der Waals surface area (Å²) in [7, 11) is 1.39. The molecule has 3 aromatic rings. The lowest BCUT2D eigenvalue weighted by Crippen LogP contribution is -2.22. The van der Waals surface area contributed by atoms with Crippen molar-refractivity contribution in [1.29, 1.82) is 5.26 Å². The molecule has 0 radical (unpaired) electrons. The third-order valence-electron chi connectivity index (χ3n) is 3.66. The molecule has 0 saturated heterocycles. The van der Waals surface area contributed by atoms with Crippen LogP contribution >= 0.6 is 11.6 Å². The first-order chi connectivity index (χ1) is 13.0. The van der Waals surface area contributed by atoms with E-state index in [1.54, 1.807) is 48.5 Å². The van der Waals surface area contributed by atoms with Crippen LogP contribution in [0.2, 0.25) is 5.02 Å². The molecule has 0 spiro atoms. The van der Waals surface area contributed by atoms with Gasteiger partial charge in [0.1, 0.15) is 28.6 Å². The topological polar surface area (TPSA) is 96.5 Å². The fourth-order valence-corrected chi connectivity index (χ4v) is 2.52. The van der Waals surface area contributed by atoms with Crippen LogP contribution in [0.15, 0.2) is 59.0 Å². The average molecular weight is 381 g/mol. The molecule has 7 nitrogen and oxygen atoms in total. The minimum Gasteiger partial charge on any atom is -0.437 e. The standard InChI is InChI=1S/C19H13ClN4O3/c1-22-17(25)12(11-21)10-13-18(27-15-7-3-2-6-14(15)20)23-16-8-4-5-9-24(16)19(13)26/h2-10H,1H3,(H,22,25)/b12-10+. The summed E-state index contributed by atoms with van der Waals surface area (Å²) in [6.07, 6.45) is 2.69. The molecule has 1 amide bonds. The minimum absolute atomic E-state index is 0.0428. The fraction of sp³-hybridized carbons (Fsp3) is 0.0526. The predicted molar refractivity (Wildman–Crippen MR) is 101 cm³/mol. The van der Waals surface area contributed by atoms with Crippen LogP contribution in [0, 0.1) is 11.3 Å². The van der Waals surface area contributed by atoms with Gasteiger partial charge in [-0.2, -0.15) is 10.2 Å². The number of likely N-dealkylation sites (N-methyl/N-ethyl adjacent to an activating group) is 1. The molecule has 1 N–H and O–H groups in total. The van der Waals surface area contributed by atoms with Gasteiger partial charge in [0.05, 0.1) is 5.02 Å². The number of hydrogen-bond acceptors (Lipinski definition) is 5. The number of halogens is 1. The molecule has 0 aliphatic carbocycles.